The van der Waals surface area contributed by atoms with Crippen molar-refractivity contribution in [1.82, 2.24) is 15.5 Å². The summed E-state index contributed by atoms with van der Waals surface area (Å²) in [6, 6.07) is 6.64. The Morgan fingerprint density at radius 2 is 1.84 bits per heavy atom. The van der Waals surface area contributed by atoms with E-state index in [0.29, 0.717) is 12.0 Å². The van der Waals surface area contributed by atoms with Gasteiger partial charge in [0.25, 0.3) is 0 Å². The van der Waals surface area contributed by atoms with Crippen LogP contribution in [0.15, 0.2) is 28.8 Å². The molecule has 25 heavy (non-hydrogen) atoms. The van der Waals surface area contributed by atoms with Gasteiger partial charge >= 0.3 is 12.1 Å². The maximum Gasteiger partial charge on any atom is 0.471 e. The molecule has 136 valence electrons. The smallest absolute Gasteiger partial charge is 0.347 e. The molecule has 0 radical (unpaired) electrons. The molecule has 1 heterocycles. The van der Waals surface area contributed by atoms with Crippen LogP contribution in [-0.4, -0.2) is 16.0 Å². The Hall–Kier alpha value is -2.38. The lowest BCUT2D eigenvalue weighted by atomic mass is 9.93. The Balaban J connectivity index is 2.13. The fourth-order valence-electron chi connectivity index (χ4n) is 2.31. The lowest BCUT2D eigenvalue weighted by Gasteiger charge is -2.27. The fraction of sp³-hybridized carbons (Fsp3) is 0.471. The first-order valence-electron chi connectivity index (χ1n) is 7.96. The monoisotopic (exact) mass is 355 g/mol. The van der Waals surface area contributed by atoms with Crippen LogP contribution in [0.2, 0.25) is 0 Å². The molecule has 0 aliphatic carbocycles. The summed E-state index contributed by atoms with van der Waals surface area (Å²) in [7, 11) is 0. The molecule has 0 saturated carbocycles. The second-order valence-electron chi connectivity index (χ2n) is 6.27. The number of carbonyl (C=O) groups is 1. The van der Waals surface area contributed by atoms with Crippen LogP contribution >= 0.6 is 0 Å². The molecule has 0 saturated heterocycles. The molecule has 1 aromatic carbocycles. The number of nitrogens with zero attached hydrogens (tertiary/aromatic N) is 2. The quantitative estimate of drug-likeness (QED) is 0.839. The first kappa shape index (κ1) is 19.0. The van der Waals surface area contributed by atoms with E-state index in [1.54, 1.807) is 24.3 Å². The highest BCUT2D eigenvalue weighted by Gasteiger charge is 2.38. The van der Waals surface area contributed by atoms with Crippen molar-refractivity contribution in [1.29, 1.82) is 0 Å². The average Bonchev–Trinajstić information content (AvgIpc) is 3.03. The Morgan fingerprint density at radius 3 is 2.36 bits per heavy atom. The second-order valence-corrected chi connectivity index (χ2v) is 6.27. The molecular formula is C17H20F3N3O2. The SMILES string of the molecule is CCCCC(=O)NC(C)(C)c1ccc(-c2noc(C(F)(F)F)n2)cc1. The number of benzene rings is 1. The summed E-state index contributed by atoms with van der Waals surface area (Å²) >= 11 is 0. The summed E-state index contributed by atoms with van der Waals surface area (Å²) in [6.45, 7) is 5.74. The zero-order valence-corrected chi connectivity index (χ0v) is 14.3. The van der Waals surface area contributed by atoms with Crippen LogP contribution in [0.4, 0.5) is 13.2 Å². The number of unbranched alkanes of at least 4 members (excludes halogenated alkanes) is 1. The number of halogens is 3. The molecule has 0 aliphatic heterocycles. The lowest BCUT2D eigenvalue weighted by Crippen LogP contribution is -2.40. The van der Waals surface area contributed by atoms with Gasteiger partial charge in [-0.2, -0.15) is 18.2 Å². The standard InChI is InChI=1S/C17H20F3N3O2/c1-4-5-6-13(24)22-16(2,3)12-9-7-11(8-10-12)14-21-15(25-23-14)17(18,19)20/h7-10H,4-6H2,1-3H3,(H,22,24). The number of hydrogen-bond donors (Lipinski definition) is 1. The number of hydrogen-bond acceptors (Lipinski definition) is 4. The van der Waals surface area contributed by atoms with Crippen LogP contribution in [0, 0.1) is 0 Å². The van der Waals surface area contributed by atoms with Crippen molar-refractivity contribution in [2.24, 2.45) is 0 Å². The third-order valence-corrected chi connectivity index (χ3v) is 3.74. The molecule has 2 aromatic rings. The number of nitrogens with one attached hydrogen (secondary N) is 1. The summed E-state index contributed by atoms with van der Waals surface area (Å²) in [5.41, 5.74) is 0.620. The minimum absolute atomic E-state index is 0.0380. The van der Waals surface area contributed by atoms with Gasteiger partial charge in [-0.1, -0.05) is 42.8 Å². The number of carbonyl (C=O) groups excluding carboxylic acids is 1. The molecule has 8 heteroatoms. The van der Waals surface area contributed by atoms with Crippen LogP contribution in [0.25, 0.3) is 11.4 Å². The lowest BCUT2D eigenvalue weighted by molar-refractivity contribution is -0.159. The van der Waals surface area contributed by atoms with Crippen molar-refractivity contribution in [2.45, 2.75) is 51.7 Å². The molecule has 0 unspecified atom stereocenters. The minimum Gasteiger partial charge on any atom is -0.347 e. The number of alkyl halides is 3. The summed E-state index contributed by atoms with van der Waals surface area (Å²) in [4.78, 5) is 15.3. The zero-order valence-electron chi connectivity index (χ0n) is 14.3. The van der Waals surface area contributed by atoms with E-state index in [4.69, 9.17) is 0 Å². The molecule has 0 aliphatic rings. The van der Waals surface area contributed by atoms with Crippen molar-refractivity contribution in [3.8, 4) is 11.4 Å². The van der Waals surface area contributed by atoms with Gasteiger partial charge in [0, 0.05) is 12.0 Å². The van der Waals surface area contributed by atoms with Crippen LogP contribution in [0.1, 0.15) is 51.5 Å². The fourth-order valence-corrected chi connectivity index (χ4v) is 2.31. The maximum absolute atomic E-state index is 12.5. The van der Waals surface area contributed by atoms with Gasteiger partial charge in [0.1, 0.15) is 0 Å². The molecular weight excluding hydrogens is 335 g/mol. The van der Waals surface area contributed by atoms with E-state index in [2.05, 4.69) is 20.0 Å². The van der Waals surface area contributed by atoms with Crippen molar-refractivity contribution < 1.29 is 22.5 Å². The van der Waals surface area contributed by atoms with E-state index in [-0.39, 0.29) is 11.7 Å². The molecule has 2 rings (SSSR count). The van der Waals surface area contributed by atoms with E-state index < -0.39 is 17.6 Å². The van der Waals surface area contributed by atoms with Gasteiger partial charge in [-0.25, -0.2) is 0 Å². The van der Waals surface area contributed by atoms with E-state index in [0.717, 1.165) is 18.4 Å². The van der Waals surface area contributed by atoms with E-state index in [1.807, 2.05) is 20.8 Å². The van der Waals surface area contributed by atoms with E-state index in [1.165, 1.54) is 0 Å². The van der Waals surface area contributed by atoms with E-state index in [9.17, 15) is 18.0 Å². The van der Waals surface area contributed by atoms with Crippen molar-refractivity contribution in [2.75, 3.05) is 0 Å². The number of amides is 1. The molecule has 1 amide bonds. The molecule has 0 fully saturated rings. The third-order valence-electron chi connectivity index (χ3n) is 3.74. The Labute approximate surface area is 143 Å². The van der Waals surface area contributed by atoms with Gasteiger partial charge in [-0.05, 0) is 25.8 Å². The summed E-state index contributed by atoms with van der Waals surface area (Å²) in [6.07, 6.45) is -2.45. The highest BCUT2D eigenvalue weighted by Crippen LogP contribution is 2.30. The van der Waals surface area contributed by atoms with Gasteiger partial charge in [-0.3, -0.25) is 4.79 Å². The highest BCUT2D eigenvalue weighted by molar-refractivity contribution is 5.77. The zero-order chi connectivity index (χ0) is 18.7. The van der Waals surface area contributed by atoms with Gasteiger partial charge in [0.2, 0.25) is 11.7 Å². The number of aromatic nitrogens is 2. The molecule has 0 bridgehead atoms. The van der Waals surface area contributed by atoms with Crippen LogP contribution in [0.5, 0.6) is 0 Å². The first-order chi connectivity index (χ1) is 11.6. The van der Waals surface area contributed by atoms with Crippen LogP contribution in [0.3, 0.4) is 0 Å². The van der Waals surface area contributed by atoms with Gasteiger partial charge in [0.05, 0.1) is 5.54 Å². The molecule has 0 atom stereocenters. The highest BCUT2D eigenvalue weighted by atomic mass is 19.4. The Kier molecular flexibility index (Phi) is 5.49. The van der Waals surface area contributed by atoms with Crippen molar-refractivity contribution in [3.63, 3.8) is 0 Å². The van der Waals surface area contributed by atoms with Crippen LogP contribution < -0.4 is 5.32 Å². The van der Waals surface area contributed by atoms with Gasteiger partial charge in [0.15, 0.2) is 0 Å². The van der Waals surface area contributed by atoms with Crippen molar-refractivity contribution in [3.05, 3.63) is 35.7 Å². The number of rotatable bonds is 6. The molecule has 1 N–H and O–H groups in total. The summed E-state index contributed by atoms with van der Waals surface area (Å²) in [5, 5.41) is 6.30. The predicted molar refractivity (Wildman–Crippen MR) is 85.4 cm³/mol. The minimum atomic E-state index is -4.67. The molecule has 1 aromatic heterocycles. The predicted octanol–water partition coefficient (Wildman–Crippen LogP) is 4.30. The third kappa shape index (κ3) is 4.80. The van der Waals surface area contributed by atoms with Gasteiger partial charge < -0.3 is 9.84 Å². The largest absolute Gasteiger partial charge is 0.471 e. The normalized spacial score (nSPS) is 12.2. The maximum atomic E-state index is 12.5. The van der Waals surface area contributed by atoms with Crippen LogP contribution in [-0.2, 0) is 16.5 Å². The molecule has 5 nitrogen and oxygen atoms in total. The van der Waals surface area contributed by atoms with E-state index >= 15 is 0 Å². The Morgan fingerprint density at radius 1 is 1.20 bits per heavy atom. The average molecular weight is 355 g/mol. The van der Waals surface area contributed by atoms with Gasteiger partial charge in [-0.15, -0.1) is 0 Å². The van der Waals surface area contributed by atoms with Crippen molar-refractivity contribution >= 4 is 5.91 Å². The summed E-state index contributed by atoms with van der Waals surface area (Å²) < 4.78 is 41.8. The second kappa shape index (κ2) is 7.25. The first-order valence-corrected chi connectivity index (χ1v) is 7.96. The topological polar surface area (TPSA) is 68.0 Å². The molecule has 0 spiro atoms. The Bertz CT molecular complexity index is 721. The summed E-state index contributed by atoms with van der Waals surface area (Å²) in [5.74, 6) is -1.55.